The fraction of sp³-hybridized carbons (Fsp3) is 0.355. The van der Waals surface area contributed by atoms with Crippen molar-refractivity contribution in [1.29, 1.82) is 0 Å². The summed E-state index contributed by atoms with van der Waals surface area (Å²) in [5, 5.41) is 19.8. The van der Waals surface area contributed by atoms with Crippen LogP contribution in [-0.4, -0.2) is 47.5 Å². The van der Waals surface area contributed by atoms with Crippen LogP contribution in [0.1, 0.15) is 55.7 Å². The molecule has 1 aliphatic rings. The molecule has 5 heteroatoms. The first-order chi connectivity index (χ1) is 17.5. The minimum atomic E-state index is -0.720. The lowest BCUT2D eigenvalue weighted by atomic mass is 9.86. The third-order valence-electron chi connectivity index (χ3n) is 6.72. The Morgan fingerprint density at radius 3 is 2.17 bits per heavy atom. The largest absolute Gasteiger partial charge is 0.508 e. The Labute approximate surface area is 213 Å². The molecule has 0 aliphatic carbocycles. The molecule has 1 saturated heterocycles. The number of hydrogen-bond acceptors (Lipinski definition) is 4. The van der Waals surface area contributed by atoms with E-state index in [1.54, 1.807) is 24.3 Å². The molecule has 2 N–H and O–H groups in total. The summed E-state index contributed by atoms with van der Waals surface area (Å²) >= 11 is 0. The fourth-order valence-electron chi connectivity index (χ4n) is 4.79. The van der Waals surface area contributed by atoms with Crippen LogP contribution in [-0.2, 0) is 0 Å². The Hall–Kier alpha value is -3.31. The SMILES string of the molecule is CCCCCC(=C(c1ccc(O)cc1)c1ccc(O)cc1)c1cccc(OCCN2CCC(F)C2)c1. The van der Waals surface area contributed by atoms with Crippen LogP contribution in [0.5, 0.6) is 17.2 Å². The Morgan fingerprint density at radius 2 is 1.58 bits per heavy atom. The van der Waals surface area contributed by atoms with Crippen LogP contribution in [0.4, 0.5) is 4.39 Å². The molecular weight excluding hydrogens is 453 g/mol. The van der Waals surface area contributed by atoms with Crippen LogP contribution in [0.3, 0.4) is 0 Å². The van der Waals surface area contributed by atoms with Gasteiger partial charge in [-0.2, -0.15) is 0 Å². The molecule has 0 bridgehead atoms. The minimum Gasteiger partial charge on any atom is -0.508 e. The zero-order valence-electron chi connectivity index (χ0n) is 21.0. The number of alkyl halides is 1. The van der Waals surface area contributed by atoms with Crippen molar-refractivity contribution in [2.24, 2.45) is 0 Å². The Morgan fingerprint density at radius 1 is 0.917 bits per heavy atom. The summed E-state index contributed by atoms with van der Waals surface area (Å²) < 4.78 is 19.6. The molecule has 0 spiro atoms. The van der Waals surface area contributed by atoms with E-state index in [4.69, 9.17) is 4.74 Å². The predicted octanol–water partition coefficient (Wildman–Crippen LogP) is 7.06. The number of halogens is 1. The van der Waals surface area contributed by atoms with E-state index in [1.165, 1.54) is 5.57 Å². The molecule has 1 heterocycles. The van der Waals surface area contributed by atoms with Gasteiger partial charge in [0, 0.05) is 19.6 Å². The second kappa shape index (κ2) is 12.6. The third kappa shape index (κ3) is 6.88. The summed E-state index contributed by atoms with van der Waals surface area (Å²) in [6.07, 6.45) is 4.08. The third-order valence-corrected chi connectivity index (χ3v) is 6.72. The van der Waals surface area contributed by atoms with E-state index in [0.717, 1.165) is 66.8 Å². The lowest BCUT2D eigenvalue weighted by Gasteiger charge is -2.19. The summed E-state index contributed by atoms with van der Waals surface area (Å²) in [6, 6.07) is 22.8. The number of nitrogens with zero attached hydrogens (tertiary/aromatic N) is 1. The van der Waals surface area contributed by atoms with Gasteiger partial charge in [0.1, 0.15) is 30.0 Å². The van der Waals surface area contributed by atoms with Gasteiger partial charge in [-0.25, -0.2) is 4.39 Å². The van der Waals surface area contributed by atoms with Gasteiger partial charge in [0.25, 0.3) is 0 Å². The molecular formula is C31H36FNO3. The zero-order chi connectivity index (χ0) is 25.3. The predicted molar refractivity (Wildman–Crippen MR) is 144 cm³/mol. The molecule has 4 rings (SSSR count). The average molecular weight is 490 g/mol. The molecule has 1 fully saturated rings. The zero-order valence-corrected chi connectivity index (χ0v) is 21.0. The molecule has 3 aromatic rings. The Bertz CT molecular complexity index is 1090. The van der Waals surface area contributed by atoms with Gasteiger partial charge in [-0.3, -0.25) is 4.90 Å². The number of unbranched alkanes of at least 4 members (excludes halogenated alkanes) is 2. The summed E-state index contributed by atoms with van der Waals surface area (Å²) in [7, 11) is 0. The molecule has 0 radical (unpaired) electrons. The maximum absolute atomic E-state index is 13.5. The van der Waals surface area contributed by atoms with Crippen molar-refractivity contribution < 1.29 is 19.3 Å². The van der Waals surface area contributed by atoms with Crippen LogP contribution in [0.25, 0.3) is 11.1 Å². The van der Waals surface area contributed by atoms with Gasteiger partial charge in [-0.1, -0.05) is 56.2 Å². The molecule has 1 aliphatic heterocycles. The highest BCUT2D eigenvalue weighted by molar-refractivity contribution is 5.98. The normalized spacial score (nSPS) is 15.7. The number of hydrogen-bond donors (Lipinski definition) is 2. The number of likely N-dealkylation sites (tertiary alicyclic amines) is 1. The highest BCUT2D eigenvalue weighted by Crippen LogP contribution is 2.37. The first-order valence-corrected chi connectivity index (χ1v) is 12.9. The number of ether oxygens (including phenoxy) is 1. The van der Waals surface area contributed by atoms with Gasteiger partial charge >= 0.3 is 0 Å². The average Bonchev–Trinajstić information content (AvgIpc) is 3.30. The van der Waals surface area contributed by atoms with Crippen molar-refractivity contribution in [2.45, 2.75) is 45.2 Å². The van der Waals surface area contributed by atoms with Crippen LogP contribution >= 0.6 is 0 Å². The van der Waals surface area contributed by atoms with Crippen molar-refractivity contribution >= 4 is 11.1 Å². The first-order valence-electron chi connectivity index (χ1n) is 12.9. The van der Waals surface area contributed by atoms with Crippen LogP contribution in [0, 0.1) is 0 Å². The van der Waals surface area contributed by atoms with E-state index in [1.807, 2.05) is 36.4 Å². The van der Waals surface area contributed by atoms with Gasteiger partial charge in [0.2, 0.25) is 0 Å². The van der Waals surface area contributed by atoms with Crippen molar-refractivity contribution in [2.75, 3.05) is 26.2 Å². The maximum atomic E-state index is 13.5. The molecule has 190 valence electrons. The van der Waals surface area contributed by atoms with Crippen molar-refractivity contribution in [3.05, 3.63) is 89.5 Å². The number of phenols is 2. The van der Waals surface area contributed by atoms with Crippen molar-refractivity contribution in [3.8, 4) is 17.2 Å². The van der Waals surface area contributed by atoms with E-state index in [2.05, 4.69) is 24.0 Å². The maximum Gasteiger partial charge on any atom is 0.119 e. The minimum absolute atomic E-state index is 0.226. The molecule has 36 heavy (non-hydrogen) atoms. The highest BCUT2D eigenvalue weighted by Gasteiger charge is 2.21. The van der Waals surface area contributed by atoms with Gasteiger partial charge in [0.15, 0.2) is 0 Å². The van der Waals surface area contributed by atoms with Crippen LogP contribution in [0.2, 0.25) is 0 Å². The highest BCUT2D eigenvalue weighted by atomic mass is 19.1. The van der Waals surface area contributed by atoms with E-state index in [9.17, 15) is 14.6 Å². The quantitative estimate of drug-likeness (QED) is 0.224. The number of aromatic hydroxyl groups is 2. The number of phenolic OH excluding ortho intramolecular Hbond substituents is 2. The smallest absolute Gasteiger partial charge is 0.119 e. The van der Waals surface area contributed by atoms with Crippen molar-refractivity contribution in [3.63, 3.8) is 0 Å². The number of allylic oxidation sites excluding steroid dienone is 1. The Kier molecular flexibility index (Phi) is 9.01. The molecule has 0 saturated carbocycles. The van der Waals surface area contributed by atoms with Crippen LogP contribution < -0.4 is 4.74 Å². The van der Waals surface area contributed by atoms with Crippen molar-refractivity contribution in [1.82, 2.24) is 4.90 Å². The second-order valence-electron chi connectivity index (χ2n) is 9.47. The van der Waals surface area contributed by atoms with E-state index >= 15 is 0 Å². The lowest BCUT2D eigenvalue weighted by Crippen LogP contribution is -2.26. The molecule has 0 amide bonds. The van der Waals surface area contributed by atoms with Crippen LogP contribution in [0.15, 0.2) is 72.8 Å². The van der Waals surface area contributed by atoms with E-state index in [0.29, 0.717) is 19.6 Å². The summed E-state index contributed by atoms with van der Waals surface area (Å²) in [5.74, 6) is 1.25. The molecule has 3 aromatic carbocycles. The lowest BCUT2D eigenvalue weighted by molar-refractivity contribution is 0.224. The molecule has 4 nitrogen and oxygen atoms in total. The summed E-state index contributed by atoms with van der Waals surface area (Å²) in [4.78, 5) is 2.11. The monoisotopic (exact) mass is 489 g/mol. The first kappa shape index (κ1) is 25.8. The van der Waals surface area contributed by atoms with Gasteiger partial charge < -0.3 is 14.9 Å². The molecule has 0 aromatic heterocycles. The number of benzene rings is 3. The second-order valence-corrected chi connectivity index (χ2v) is 9.47. The van der Waals surface area contributed by atoms with Gasteiger partial charge in [0.05, 0.1) is 0 Å². The van der Waals surface area contributed by atoms with E-state index in [-0.39, 0.29) is 11.5 Å². The summed E-state index contributed by atoms with van der Waals surface area (Å²) in [5.41, 5.74) is 5.38. The molecule has 1 unspecified atom stereocenters. The summed E-state index contributed by atoms with van der Waals surface area (Å²) in [6.45, 7) is 4.72. The standard InChI is InChI=1S/C31H36FNO3/c1-2-3-4-8-30(25-6-5-7-29(21-25)36-20-19-33-18-17-26(32)22-33)31(23-9-13-27(34)14-10-23)24-11-15-28(35)16-12-24/h5-7,9-16,21,26,34-35H,2-4,8,17-20,22H2,1H3. The van der Waals surface area contributed by atoms with Gasteiger partial charge in [-0.15, -0.1) is 0 Å². The number of rotatable bonds is 11. The topological polar surface area (TPSA) is 52.9 Å². The Balaban J connectivity index is 1.69. The van der Waals surface area contributed by atoms with E-state index < -0.39 is 6.17 Å². The van der Waals surface area contributed by atoms with Gasteiger partial charge in [-0.05, 0) is 83.5 Å². The molecule has 1 atom stereocenters. The fourth-order valence-corrected chi connectivity index (χ4v) is 4.79.